The molecule has 28 heavy (non-hydrogen) atoms. The third-order valence-electron chi connectivity index (χ3n) is 4.04. The van der Waals surface area contributed by atoms with Crippen LogP contribution in [-0.2, 0) is 4.74 Å². The minimum Gasteiger partial charge on any atom is -0.497 e. The van der Waals surface area contributed by atoms with E-state index in [1.165, 1.54) is 26.4 Å². The van der Waals surface area contributed by atoms with E-state index in [9.17, 15) is 9.65 Å². The molecule has 146 valence electrons. The molecule has 0 saturated carbocycles. The van der Waals surface area contributed by atoms with Crippen LogP contribution in [0.1, 0.15) is 25.8 Å². The Bertz CT molecular complexity index is 961. The lowest BCUT2D eigenvalue weighted by Gasteiger charge is -2.16. The molecule has 2 aromatic rings. The van der Waals surface area contributed by atoms with Crippen molar-refractivity contribution in [2.24, 2.45) is 0 Å². The highest BCUT2D eigenvalue weighted by molar-refractivity contribution is 9.11. The van der Waals surface area contributed by atoms with Crippen LogP contribution in [0.2, 0.25) is 0 Å². The van der Waals surface area contributed by atoms with Gasteiger partial charge in [0.1, 0.15) is 34.7 Å². The molecule has 0 aliphatic carbocycles. The summed E-state index contributed by atoms with van der Waals surface area (Å²) in [4.78, 5) is 0. The number of nitrogens with zero attached hydrogens (tertiary/aromatic N) is 1. The molecule has 0 aliphatic heterocycles. The SMILES string of the molecule is CCC=C(Br)C(Oc1cccc(-c2cc(OC)ccc2F)c1C#N)=C(C)OC. The topological polar surface area (TPSA) is 51.5 Å². The summed E-state index contributed by atoms with van der Waals surface area (Å²) in [6, 6.07) is 11.6. The van der Waals surface area contributed by atoms with Crippen LogP contribution in [0, 0.1) is 17.1 Å². The summed E-state index contributed by atoms with van der Waals surface area (Å²) in [6.07, 6.45) is 2.71. The largest absolute Gasteiger partial charge is 0.497 e. The van der Waals surface area contributed by atoms with Gasteiger partial charge in [-0.25, -0.2) is 4.39 Å². The second kappa shape index (κ2) is 9.95. The molecule has 0 atom stereocenters. The normalized spacial score (nSPS) is 12.1. The van der Waals surface area contributed by atoms with E-state index in [2.05, 4.69) is 22.0 Å². The number of benzene rings is 2. The highest BCUT2D eigenvalue weighted by atomic mass is 79.9. The van der Waals surface area contributed by atoms with Gasteiger partial charge in [0.25, 0.3) is 0 Å². The Kier molecular flexibility index (Phi) is 7.65. The summed E-state index contributed by atoms with van der Waals surface area (Å²) in [5.74, 6) is 1.33. The molecule has 2 rings (SSSR count). The van der Waals surface area contributed by atoms with E-state index in [1.807, 2.05) is 13.0 Å². The fourth-order valence-electron chi connectivity index (χ4n) is 2.56. The van der Waals surface area contributed by atoms with Crippen LogP contribution in [0.3, 0.4) is 0 Å². The fourth-order valence-corrected chi connectivity index (χ4v) is 3.24. The predicted molar refractivity (Wildman–Crippen MR) is 111 cm³/mol. The van der Waals surface area contributed by atoms with Crippen molar-refractivity contribution in [2.45, 2.75) is 20.3 Å². The zero-order valence-corrected chi connectivity index (χ0v) is 17.8. The zero-order valence-electron chi connectivity index (χ0n) is 16.2. The first-order valence-corrected chi connectivity index (χ1v) is 9.41. The first kappa shape index (κ1) is 21.5. The lowest BCUT2D eigenvalue weighted by atomic mass is 9.99. The van der Waals surface area contributed by atoms with Gasteiger partial charge in [0.15, 0.2) is 5.76 Å². The van der Waals surface area contributed by atoms with Crippen molar-refractivity contribution in [2.75, 3.05) is 14.2 Å². The van der Waals surface area contributed by atoms with E-state index in [4.69, 9.17) is 14.2 Å². The number of rotatable bonds is 7. The molecule has 0 amide bonds. The molecular formula is C22H21BrFNO3. The number of allylic oxidation sites excluding steroid dienone is 3. The van der Waals surface area contributed by atoms with Crippen molar-refractivity contribution in [1.82, 2.24) is 0 Å². The summed E-state index contributed by atoms with van der Waals surface area (Å²) in [5, 5.41) is 9.77. The van der Waals surface area contributed by atoms with Gasteiger partial charge in [-0.3, -0.25) is 0 Å². The monoisotopic (exact) mass is 445 g/mol. The molecule has 0 bridgehead atoms. The molecule has 0 aliphatic rings. The molecule has 6 heteroatoms. The van der Waals surface area contributed by atoms with Gasteiger partial charge in [-0.2, -0.15) is 5.26 Å². The number of hydrogen-bond donors (Lipinski definition) is 0. The maximum Gasteiger partial charge on any atom is 0.178 e. The van der Waals surface area contributed by atoms with E-state index < -0.39 is 5.82 Å². The van der Waals surface area contributed by atoms with Crippen LogP contribution in [0.5, 0.6) is 11.5 Å². The molecule has 0 N–H and O–H groups in total. The van der Waals surface area contributed by atoms with Crippen LogP contribution >= 0.6 is 15.9 Å². The van der Waals surface area contributed by atoms with Gasteiger partial charge in [-0.05, 0) is 53.5 Å². The van der Waals surface area contributed by atoms with Crippen molar-refractivity contribution in [3.8, 4) is 28.7 Å². The Morgan fingerprint density at radius 2 is 1.96 bits per heavy atom. The zero-order chi connectivity index (χ0) is 20.7. The number of methoxy groups -OCH3 is 2. The quantitative estimate of drug-likeness (QED) is 0.369. The first-order valence-electron chi connectivity index (χ1n) is 8.62. The van der Waals surface area contributed by atoms with Crippen molar-refractivity contribution in [3.05, 3.63) is 69.9 Å². The Hall–Kier alpha value is -2.78. The molecule has 0 heterocycles. The number of nitriles is 1. The van der Waals surface area contributed by atoms with Gasteiger partial charge in [0.2, 0.25) is 0 Å². The van der Waals surface area contributed by atoms with Gasteiger partial charge in [-0.15, -0.1) is 0 Å². The summed E-state index contributed by atoms with van der Waals surface area (Å²) in [5.41, 5.74) is 0.896. The van der Waals surface area contributed by atoms with E-state index in [0.29, 0.717) is 33.1 Å². The van der Waals surface area contributed by atoms with Gasteiger partial charge in [-0.1, -0.05) is 25.1 Å². The smallest absolute Gasteiger partial charge is 0.178 e. The van der Waals surface area contributed by atoms with Crippen molar-refractivity contribution in [3.63, 3.8) is 0 Å². The van der Waals surface area contributed by atoms with E-state index in [0.717, 1.165) is 6.42 Å². The maximum absolute atomic E-state index is 14.5. The molecule has 0 unspecified atom stereocenters. The van der Waals surface area contributed by atoms with Gasteiger partial charge >= 0.3 is 0 Å². The highest BCUT2D eigenvalue weighted by Crippen LogP contribution is 2.36. The Balaban J connectivity index is 2.62. The second-order valence-electron chi connectivity index (χ2n) is 5.79. The minimum absolute atomic E-state index is 0.216. The molecule has 0 saturated heterocycles. The van der Waals surface area contributed by atoms with Crippen LogP contribution in [0.25, 0.3) is 11.1 Å². The Morgan fingerprint density at radius 3 is 2.57 bits per heavy atom. The lowest BCUT2D eigenvalue weighted by Crippen LogP contribution is -2.03. The molecule has 0 spiro atoms. The van der Waals surface area contributed by atoms with Crippen molar-refractivity contribution in [1.29, 1.82) is 5.26 Å². The van der Waals surface area contributed by atoms with E-state index in [1.54, 1.807) is 31.2 Å². The summed E-state index contributed by atoms with van der Waals surface area (Å²) >= 11 is 3.48. The van der Waals surface area contributed by atoms with Crippen molar-refractivity contribution < 1.29 is 18.6 Å². The summed E-state index contributed by atoms with van der Waals surface area (Å²) in [7, 11) is 3.04. The predicted octanol–water partition coefficient (Wildman–Crippen LogP) is 6.32. The van der Waals surface area contributed by atoms with Crippen LogP contribution in [-0.4, -0.2) is 14.2 Å². The third kappa shape index (κ3) is 4.73. The van der Waals surface area contributed by atoms with E-state index in [-0.39, 0.29) is 11.1 Å². The van der Waals surface area contributed by atoms with Crippen molar-refractivity contribution >= 4 is 15.9 Å². The third-order valence-corrected chi connectivity index (χ3v) is 4.72. The standard InChI is InChI=1S/C22H21BrFNO3/c1-5-7-19(23)22(14(2)26-3)28-21-9-6-8-16(18(21)13-25)17-12-15(27-4)10-11-20(17)24/h6-12H,5H2,1-4H3. The van der Waals surface area contributed by atoms with Crippen LogP contribution in [0.15, 0.2) is 58.5 Å². The van der Waals surface area contributed by atoms with Gasteiger partial charge < -0.3 is 14.2 Å². The molecule has 0 radical (unpaired) electrons. The molecule has 0 aromatic heterocycles. The average molecular weight is 446 g/mol. The van der Waals surface area contributed by atoms with Gasteiger partial charge in [0.05, 0.1) is 18.7 Å². The second-order valence-corrected chi connectivity index (χ2v) is 6.64. The number of halogens is 2. The lowest BCUT2D eigenvalue weighted by molar-refractivity contribution is 0.266. The molecule has 4 nitrogen and oxygen atoms in total. The molecule has 2 aromatic carbocycles. The number of hydrogen-bond acceptors (Lipinski definition) is 4. The Labute approximate surface area is 173 Å². The highest BCUT2D eigenvalue weighted by Gasteiger charge is 2.18. The van der Waals surface area contributed by atoms with Gasteiger partial charge in [0, 0.05) is 11.1 Å². The number of ether oxygens (including phenoxy) is 3. The minimum atomic E-state index is -0.453. The summed E-state index contributed by atoms with van der Waals surface area (Å²) < 4.78 is 31.7. The first-order chi connectivity index (χ1) is 13.5. The Morgan fingerprint density at radius 1 is 1.21 bits per heavy atom. The van der Waals surface area contributed by atoms with Crippen LogP contribution in [0.4, 0.5) is 4.39 Å². The molecule has 0 fully saturated rings. The maximum atomic E-state index is 14.5. The van der Waals surface area contributed by atoms with Crippen LogP contribution < -0.4 is 9.47 Å². The fraction of sp³-hybridized carbons (Fsp3) is 0.227. The average Bonchev–Trinajstić information content (AvgIpc) is 2.71. The molecular weight excluding hydrogens is 425 g/mol. The van der Waals surface area contributed by atoms with E-state index >= 15 is 0 Å². The summed E-state index contributed by atoms with van der Waals surface area (Å²) in [6.45, 7) is 3.76.